The molecule has 2 nitrogen and oxygen atoms in total. The molecule has 0 aliphatic carbocycles. The summed E-state index contributed by atoms with van der Waals surface area (Å²) in [6.45, 7) is 3.07. The van der Waals surface area contributed by atoms with E-state index in [9.17, 15) is 0 Å². The summed E-state index contributed by atoms with van der Waals surface area (Å²) in [5, 5.41) is 2.15. The quantitative estimate of drug-likeness (QED) is 0.924. The zero-order valence-corrected chi connectivity index (χ0v) is 12.4. The molecular formula is C11H18BrClN2S. The molecule has 1 atom stereocenters. The second-order valence-electron chi connectivity index (χ2n) is 4.09. The Morgan fingerprint density at radius 1 is 1.50 bits per heavy atom. The second kappa shape index (κ2) is 6.97. The average molecular weight is 326 g/mol. The van der Waals surface area contributed by atoms with Gasteiger partial charge in [-0.1, -0.05) is 6.42 Å². The smallest absolute Gasteiger partial charge is 0.0331 e. The number of piperidine rings is 1. The maximum Gasteiger partial charge on any atom is 0.0331 e. The van der Waals surface area contributed by atoms with Gasteiger partial charge in [-0.05, 0) is 41.4 Å². The van der Waals surface area contributed by atoms with Crippen molar-refractivity contribution in [1.82, 2.24) is 4.90 Å². The van der Waals surface area contributed by atoms with E-state index in [1.54, 1.807) is 0 Å². The van der Waals surface area contributed by atoms with Crippen LogP contribution >= 0.6 is 39.7 Å². The summed E-state index contributed by atoms with van der Waals surface area (Å²) >= 11 is 5.32. The van der Waals surface area contributed by atoms with Gasteiger partial charge >= 0.3 is 0 Å². The van der Waals surface area contributed by atoms with Gasteiger partial charge in [-0.3, -0.25) is 4.90 Å². The first-order valence-electron chi connectivity index (χ1n) is 5.46. The third-order valence-electron chi connectivity index (χ3n) is 3.00. The summed E-state index contributed by atoms with van der Waals surface area (Å²) in [4.78, 5) is 3.96. The van der Waals surface area contributed by atoms with Gasteiger partial charge in [0.15, 0.2) is 0 Å². The number of rotatable bonds is 3. The minimum atomic E-state index is 0. The van der Waals surface area contributed by atoms with E-state index in [-0.39, 0.29) is 12.4 Å². The van der Waals surface area contributed by atoms with E-state index in [1.165, 1.54) is 35.2 Å². The van der Waals surface area contributed by atoms with Gasteiger partial charge in [0, 0.05) is 33.9 Å². The molecule has 0 spiro atoms. The molecule has 1 aliphatic heterocycles. The highest BCUT2D eigenvalue weighted by Gasteiger charge is 2.21. The molecule has 0 aromatic carbocycles. The Kier molecular flexibility index (Phi) is 6.29. The van der Waals surface area contributed by atoms with E-state index in [4.69, 9.17) is 5.73 Å². The van der Waals surface area contributed by atoms with Gasteiger partial charge in [-0.2, -0.15) is 0 Å². The highest BCUT2D eigenvalue weighted by Crippen LogP contribution is 2.24. The molecule has 92 valence electrons. The Morgan fingerprint density at radius 3 is 2.94 bits per heavy atom. The lowest BCUT2D eigenvalue weighted by molar-refractivity contribution is 0.146. The predicted octanol–water partition coefficient (Wildman–Crippen LogP) is 3.25. The van der Waals surface area contributed by atoms with E-state index in [0.29, 0.717) is 6.04 Å². The first-order chi connectivity index (χ1) is 7.29. The van der Waals surface area contributed by atoms with Crippen LogP contribution in [0.5, 0.6) is 0 Å². The molecule has 1 aliphatic rings. The van der Waals surface area contributed by atoms with Crippen LogP contribution in [0.15, 0.2) is 15.9 Å². The Labute approximate surface area is 116 Å². The Balaban J connectivity index is 0.00000128. The summed E-state index contributed by atoms with van der Waals surface area (Å²) < 4.78 is 1.20. The van der Waals surface area contributed by atoms with Crippen molar-refractivity contribution in [1.29, 1.82) is 0 Å². The molecular weight excluding hydrogens is 308 g/mol. The maximum atomic E-state index is 5.80. The van der Waals surface area contributed by atoms with Crippen molar-refractivity contribution in [3.05, 3.63) is 20.8 Å². The summed E-state index contributed by atoms with van der Waals surface area (Å²) in [5.74, 6) is 0. The molecule has 0 saturated carbocycles. The molecule has 5 heteroatoms. The number of halogens is 2. The Bertz CT molecular complexity index is 319. The molecule has 1 aromatic rings. The Morgan fingerprint density at radius 2 is 2.31 bits per heavy atom. The van der Waals surface area contributed by atoms with Gasteiger partial charge in [-0.15, -0.1) is 23.7 Å². The molecule has 1 unspecified atom stereocenters. The van der Waals surface area contributed by atoms with Crippen LogP contribution in [0.25, 0.3) is 0 Å². The van der Waals surface area contributed by atoms with Gasteiger partial charge in [0.1, 0.15) is 0 Å². The zero-order chi connectivity index (χ0) is 10.7. The largest absolute Gasteiger partial charge is 0.329 e. The fraction of sp³-hybridized carbons (Fsp3) is 0.636. The third-order valence-corrected chi connectivity index (χ3v) is 4.68. The van der Waals surface area contributed by atoms with Crippen LogP contribution in [0.3, 0.4) is 0 Å². The fourth-order valence-corrected chi connectivity index (χ4v) is 3.65. The van der Waals surface area contributed by atoms with Crippen molar-refractivity contribution in [2.45, 2.75) is 31.8 Å². The standard InChI is InChI=1S/C11H17BrN2S.ClH/c12-9-5-11(15-8-9)7-14-4-2-1-3-10(14)6-13;/h5,8,10H,1-4,6-7,13H2;1H. The normalized spacial score (nSPS) is 21.8. The number of nitrogens with zero attached hydrogens (tertiary/aromatic N) is 1. The molecule has 0 radical (unpaired) electrons. The lowest BCUT2D eigenvalue weighted by Crippen LogP contribution is -2.43. The monoisotopic (exact) mass is 324 g/mol. The second-order valence-corrected chi connectivity index (χ2v) is 6.00. The van der Waals surface area contributed by atoms with E-state index >= 15 is 0 Å². The number of likely N-dealkylation sites (tertiary alicyclic amines) is 1. The van der Waals surface area contributed by atoms with Crippen LogP contribution in [0.4, 0.5) is 0 Å². The van der Waals surface area contributed by atoms with Gasteiger partial charge in [-0.25, -0.2) is 0 Å². The fourth-order valence-electron chi connectivity index (χ4n) is 2.17. The van der Waals surface area contributed by atoms with Crippen LogP contribution in [0.1, 0.15) is 24.1 Å². The topological polar surface area (TPSA) is 29.3 Å². The highest BCUT2D eigenvalue weighted by molar-refractivity contribution is 9.10. The average Bonchev–Trinajstić information content (AvgIpc) is 2.65. The lowest BCUT2D eigenvalue weighted by atomic mass is 10.0. The summed E-state index contributed by atoms with van der Waals surface area (Å²) in [5.41, 5.74) is 5.80. The van der Waals surface area contributed by atoms with Crippen molar-refractivity contribution in [3.8, 4) is 0 Å². The number of hydrogen-bond acceptors (Lipinski definition) is 3. The van der Waals surface area contributed by atoms with Gasteiger partial charge in [0.2, 0.25) is 0 Å². The van der Waals surface area contributed by atoms with Crippen LogP contribution < -0.4 is 5.73 Å². The van der Waals surface area contributed by atoms with Crippen molar-refractivity contribution >= 4 is 39.7 Å². The molecule has 0 bridgehead atoms. The van der Waals surface area contributed by atoms with Gasteiger partial charge in [0.05, 0.1) is 0 Å². The molecule has 2 heterocycles. The van der Waals surface area contributed by atoms with E-state index < -0.39 is 0 Å². The van der Waals surface area contributed by atoms with Crippen molar-refractivity contribution < 1.29 is 0 Å². The summed E-state index contributed by atoms with van der Waals surface area (Å²) in [6.07, 6.45) is 3.93. The lowest BCUT2D eigenvalue weighted by Gasteiger charge is -2.34. The third kappa shape index (κ3) is 3.70. The molecule has 1 aromatic heterocycles. The molecule has 0 amide bonds. The van der Waals surface area contributed by atoms with Crippen molar-refractivity contribution in [2.24, 2.45) is 5.73 Å². The molecule has 2 N–H and O–H groups in total. The van der Waals surface area contributed by atoms with Crippen LogP contribution in [0.2, 0.25) is 0 Å². The molecule has 16 heavy (non-hydrogen) atoms. The summed E-state index contributed by atoms with van der Waals surface area (Å²) in [7, 11) is 0. The minimum Gasteiger partial charge on any atom is -0.329 e. The van der Waals surface area contributed by atoms with Crippen LogP contribution in [-0.4, -0.2) is 24.0 Å². The Hall–Kier alpha value is 0.390. The predicted molar refractivity (Wildman–Crippen MR) is 76.4 cm³/mol. The highest BCUT2D eigenvalue weighted by atomic mass is 79.9. The SMILES string of the molecule is Cl.NCC1CCCCN1Cc1cc(Br)cs1. The number of hydrogen-bond donors (Lipinski definition) is 1. The van der Waals surface area contributed by atoms with Crippen LogP contribution in [0, 0.1) is 0 Å². The van der Waals surface area contributed by atoms with Crippen LogP contribution in [-0.2, 0) is 6.54 Å². The van der Waals surface area contributed by atoms with Gasteiger partial charge in [0.25, 0.3) is 0 Å². The molecule has 1 saturated heterocycles. The number of nitrogens with two attached hydrogens (primary N) is 1. The van der Waals surface area contributed by atoms with E-state index in [1.807, 2.05) is 11.3 Å². The van der Waals surface area contributed by atoms with Gasteiger partial charge < -0.3 is 5.73 Å². The van der Waals surface area contributed by atoms with E-state index in [0.717, 1.165) is 13.1 Å². The zero-order valence-electron chi connectivity index (χ0n) is 9.19. The number of thiophene rings is 1. The molecule has 2 rings (SSSR count). The van der Waals surface area contributed by atoms with Crippen molar-refractivity contribution in [3.63, 3.8) is 0 Å². The maximum absolute atomic E-state index is 5.80. The van der Waals surface area contributed by atoms with Crippen molar-refractivity contribution in [2.75, 3.05) is 13.1 Å². The summed E-state index contributed by atoms with van der Waals surface area (Å²) in [6, 6.07) is 2.81. The minimum absolute atomic E-state index is 0. The first-order valence-corrected chi connectivity index (χ1v) is 7.14. The first kappa shape index (κ1) is 14.5. The molecule has 1 fully saturated rings. The van der Waals surface area contributed by atoms with E-state index in [2.05, 4.69) is 32.3 Å².